The maximum absolute atomic E-state index is 12.6. The summed E-state index contributed by atoms with van der Waals surface area (Å²) < 4.78 is 5.08. The highest BCUT2D eigenvalue weighted by Crippen LogP contribution is 2.24. The van der Waals surface area contributed by atoms with Crippen molar-refractivity contribution in [2.75, 3.05) is 19.7 Å². The molecule has 2 fully saturated rings. The minimum absolute atomic E-state index is 0.0726. The fourth-order valence-corrected chi connectivity index (χ4v) is 4.33. The lowest BCUT2D eigenvalue weighted by molar-refractivity contribution is -0.122. The zero-order valence-electron chi connectivity index (χ0n) is 16.9. The molecule has 0 spiro atoms. The van der Waals surface area contributed by atoms with Crippen molar-refractivity contribution in [1.29, 1.82) is 0 Å². The molecular weight excluding hydrogens is 368 g/mol. The first-order valence-corrected chi connectivity index (χ1v) is 10.7. The monoisotopic (exact) mass is 398 g/mol. The molecule has 3 N–H and O–H groups in total. The molecule has 29 heavy (non-hydrogen) atoms. The predicted molar refractivity (Wildman–Crippen MR) is 112 cm³/mol. The van der Waals surface area contributed by atoms with Gasteiger partial charge in [-0.1, -0.05) is 18.2 Å². The number of H-pyrrole nitrogens is 1. The van der Waals surface area contributed by atoms with Crippen LogP contribution in [0.3, 0.4) is 0 Å². The van der Waals surface area contributed by atoms with E-state index in [-0.39, 0.29) is 18.0 Å². The summed E-state index contributed by atoms with van der Waals surface area (Å²) in [6.45, 7) is 3.69. The van der Waals surface area contributed by atoms with Gasteiger partial charge in [-0.3, -0.25) is 4.79 Å². The number of hydrogen-bond acceptors (Lipinski definition) is 4. The molecule has 7 nitrogen and oxygen atoms in total. The lowest BCUT2D eigenvalue weighted by atomic mass is 9.84. The summed E-state index contributed by atoms with van der Waals surface area (Å²) in [6.07, 6.45) is 6.05. The number of nitrogens with one attached hydrogen (secondary N) is 3. The molecule has 7 heteroatoms. The van der Waals surface area contributed by atoms with E-state index in [9.17, 15) is 9.59 Å². The predicted octanol–water partition coefficient (Wildman–Crippen LogP) is 2.57. The van der Waals surface area contributed by atoms with Gasteiger partial charge in [0.1, 0.15) is 0 Å². The third-order valence-corrected chi connectivity index (χ3v) is 6.12. The third-order valence-electron chi connectivity index (χ3n) is 6.12. The molecule has 0 radical (unpaired) electrons. The number of para-hydroxylation sites is 1. The average molecular weight is 399 g/mol. The molecule has 4 rings (SSSR count). The van der Waals surface area contributed by atoms with Gasteiger partial charge in [-0.15, -0.1) is 0 Å². The quantitative estimate of drug-likeness (QED) is 0.698. The minimum Gasteiger partial charge on any atom is -0.450 e. The van der Waals surface area contributed by atoms with Crippen LogP contribution in [0.15, 0.2) is 30.5 Å². The summed E-state index contributed by atoms with van der Waals surface area (Å²) in [5.41, 5.74) is 2.10. The first kappa shape index (κ1) is 19.8. The van der Waals surface area contributed by atoms with Crippen molar-refractivity contribution in [3.63, 3.8) is 0 Å². The number of carbonyl (C=O) groups is 2. The van der Waals surface area contributed by atoms with E-state index in [0.717, 1.165) is 55.2 Å². The summed E-state index contributed by atoms with van der Waals surface area (Å²) >= 11 is 0. The van der Waals surface area contributed by atoms with Crippen LogP contribution in [0.1, 0.15) is 38.2 Å². The van der Waals surface area contributed by atoms with Gasteiger partial charge in [0, 0.05) is 48.3 Å². The zero-order valence-corrected chi connectivity index (χ0v) is 16.9. The Morgan fingerprint density at radius 3 is 2.62 bits per heavy atom. The van der Waals surface area contributed by atoms with Crippen molar-refractivity contribution in [3.05, 3.63) is 36.0 Å². The van der Waals surface area contributed by atoms with E-state index in [1.54, 1.807) is 4.90 Å². The van der Waals surface area contributed by atoms with E-state index in [2.05, 4.69) is 15.6 Å². The highest BCUT2D eigenvalue weighted by atomic mass is 16.6. The molecule has 156 valence electrons. The average Bonchev–Trinajstić information content (AvgIpc) is 3.13. The van der Waals surface area contributed by atoms with Crippen LogP contribution in [0.4, 0.5) is 4.79 Å². The maximum Gasteiger partial charge on any atom is 0.409 e. The Bertz CT molecular complexity index is 857. The van der Waals surface area contributed by atoms with Crippen LogP contribution < -0.4 is 10.6 Å². The molecule has 1 aliphatic carbocycles. The molecule has 1 saturated heterocycles. The Balaban J connectivity index is 1.23. The zero-order chi connectivity index (χ0) is 20.2. The summed E-state index contributed by atoms with van der Waals surface area (Å²) in [4.78, 5) is 29.4. The number of carbonyl (C=O) groups excluding carboxylic acids is 2. The number of hydrogen-bond donors (Lipinski definition) is 3. The summed E-state index contributed by atoms with van der Waals surface area (Å²) in [5, 5.41) is 8.00. The van der Waals surface area contributed by atoms with E-state index in [0.29, 0.717) is 25.1 Å². The first-order valence-electron chi connectivity index (χ1n) is 10.7. The molecule has 1 saturated carbocycles. The number of amides is 2. The Kier molecular flexibility index (Phi) is 6.04. The van der Waals surface area contributed by atoms with E-state index < -0.39 is 0 Å². The number of aromatic nitrogens is 1. The summed E-state index contributed by atoms with van der Waals surface area (Å²) in [7, 11) is 0. The van der Waals surface area contributed by atoms with Gasteiger partial charge < -0.3 is 25.3 Å². The summed E-state index contributed by atoms with van der Waals surface area (Å²) in [6, 6.07) is 8.96. The van der Waals surface area contributed by atoms with E-state index in [1.165, 1.54) is 0 Å². The van der Waals surface area contributed by atoms with Gasteiger partial charge in [0.15, 0.2) is 0 Å². The number of likely N-dealkylation sites (tertiary alicyclic amines) is 1. The SMILES string of the molecule is CCOC(=O)N1CCC(NC2CCC2NC(=O)Cc2c[nH]c3ccccc23)CC1. The van der Waals surface area contributed by atoms with Crippen LogP contribution in [0.2, 0.25) is 0 Å². The smallest absolute Gasteiger partial charge is 0.409 e. The third kappa shape index (κ3) is 4.56. The maximum atomic E-state index is 12.6. The van der Waals surface area contributed by atoms with E-state index >= 15 is 0 Å². The largest absolute Gasteiger partial charge is 0.450 e. The highest BCUT2D eigenvalue weighted by molar-refractivity contribution is 5.89. The van der Waals surface area contributed by atoms with Gasteiger partial charge in [0.25, 0.3) is 0 Å². The fraction of sp³-hybridized carbons (Fsp3) is 0.545. The van der Waals surface area contributed by atoms with Gasteiger partial charge in [0.2, 0.25) is 5.91 Å². The molecule has 1 aromatic carbocycles. The second-order valence-electron chi connectivity index (χ2n) is 8.02. The number of benzene rings is 1. The molecule has 2 aromatic rings. The lowest BCUT2D eigenvalue weighted by Crippen LogP contribution is -2.60. The van der Waals surface area contributed by atoms with Crippen LogP contribution in [-0.2, 0) is 16.0 Å². The van der Waals surface area contributed by atoms with E-state index in [4.69, 9.17) is 4.74 Å². The molecule has 2 aliphatic rings. The molecule has 2 atom stereocenters. The highest BCUT2D eigenvalue weighted by Gasteiger charge is 2.34. The van der Waals surface area contributed by atoms with Crippen LogP contribution in [0.5, 0.6) is 0 Å². The number of rotatable bonds is 6. The topological polar surface area (TPSA) is 86.5 Å². The van der Waals surface area contributed by atoms with Crippen molar-refractivity contribution >= 4 is 22.9 Å². The van der Waals surface area contributed by atoms with Crippen molar-refractivity contribution < 1.29 is 14.3 Å². The normalized spacial score (nSPS) is 22.3. The first-order chi connectivity index (χ1) is 14.1. The van der Waals surface area contributed by atoms with Crippen molar-refractivity contribution in [2.45, 2.75) is 57.2 Å². The minimum atomic E-state index is -0.211. The van der Waals surface area contributed by atoms with Gasteiger partial charge in [-0.2, -0.15) is 0 Å². The Labute approximate surface area is 171 Å². The lowest BCUT2D eigenvalue weighted by Gasteiger charge is -2.42. The number of nitrogens with zero attached hydrogens (tertiary/aromatic N) is 1. The number of piperidine rings is 1. The van der Waals surface area contributed by atoms with Crippen LogP contribution in [0, 0.1) is 0 Å². The van der Waals surface area contributed by atoms with Crippen molar-refractivity contribution in [1.82, 2.24) is 20.5 Å². The molecule has 2 unspecified atom stereocenters. The molecule has 0 bridgehead atoms. The van der Waals surface area contributed by atoms with Gasteiger partial charge in [-0.05, 0) is 44.2 Å². The van der Waals surface area contributed by atoms with Crippen molar-refractivity contribution in [3.8, 4) is 0 Å². The molecule has 1 aromatic heterocycles. The molecular formula is C22H30N4O3. The van der Waals surface area contributed by atoms with Gasteiger partial charge in [-0.25, -0.2) is 4.79 Å². The number of aromatic amines is 1. The van der Waals surface area contributed by atoms with Crippen LogP contribution in [-0.4, -0.2) is 59.7 Å². The van der Waals surface area contributed by atoms with Gasteiger partial charge in [0.05, 0.1) is 13.0 Å². The molecule has 2 heterocycles. The Hall–Kier alpha value is -2.54. The molecule has 1 aliphatic heterocycles. The van der Waals surface area contributed by atoms with Crippen molar-refractivity contribution in [2.24, 2.45) is 0 Å². The number of ether oxygens (including phenoxy) is 1. The second kappa shape index (κ2) is 8.86. The fourth-order valence-electron chi connectivity index (χ4n) is 4.33. The van der Waals surface area contributed by atoms with E-state index in [1.807, 2.05) is 37.4 Å². The summed E-state index contributed by atoms with van der Waals surface area (Å²) in [5.74, 6) is 0.0726. The van der Waals surface area contributed by atoms with Gasteiger partial charge >= 0.3 is 6.09 Å². The standard InChI is InChI=1S/C22H30N4O3/c1-2-29-22(28)26-11-9-16(10-12-26)24-19-7-8-20(19)25-21(27)13-15-14-23-18-6-4-3-5-17(15)18/h3-6,14,16,19-20,23-24H,2,7-13H2,1H3,(H,25,27). The van der Waals surface area contributed by atoms with Crippen LogP contribution >= 0.6 is 0 Å². The Morgan fingerprint density at radius 1 is 1.14 bits per heavy atom. The molecule has 2 amide bonds. The Morgan fingerprint density at radius 2 is 1.90 bits per heavy atom. The second-order valence-corrected chi connectivity index (χ2v) is 8.02. The van der Waals surface area contributed by atoms with Crippen LogP contribution in [0.25, 0.3) is 10.9 Å². The number of fused-ring (bicyclic) bond motifs is 1.